The van der Waals surface area contributed by atoms with E-state index in [0.717, 1.165) is 0 Å². The van der Waals surface area contributed by atoms with Crippen molar-refractivity contribution in [2.24, 2.45) is 0 Å². The van der Waals surface area contributed by atoms with E-state index in [-0.39, 0.29) is 0 Å². The van der Waals surface area contributed by atoms with Crippen LogP contribution in [0, 0.1) is 0 Å². The van der Waals surface area contributed by atoms with Crippen molar-refractivity contribution in [2.75, 3.05) is 19.8 Å². The third-order valence-corrected chi connectivity index (χ3v) is 4.06. The Morgan fingerprint density at radius 3 is 2.17 bits per heavy atom. The summed E-state index contributed by atoms with van der Waals surface area (Å²) < 4.78 is 15.3. The van der Waals surface area contributed by atoms with Gasteiger partial charge in [-0.1, -0.05) is 0 Å². The van der Waals surface area contributed by atoms with Crippen molar-refractivity contribution in [1.82, 2.24) is 0 Å². The third-order valence-electron chi connectivity index (χ3n) is 4.06. The molecule has 0 unspecified atom stereocenters. The predicted molar refractivity (Wildman–Crippen MR) is 68.6 cm³/mol. The van der Waals surface area contributed by atoms with Gasteiger partial charge >= 0.3 is 0 Å². The molecule has 2 rings (SSSR count). The van der Waals surface area contributed by atoms with E-state index in [1.54, 1.807) is 0 Å². The summed E-state index contributed by atoms with van der Waals surface area (Å²) in [5, 5.41) is 77.0. The van der Waals surface area contributed by atoms with Gasteiger partial charge in [-0.2, -0.15) is 0 Å². The SMILES string of the molecule is OC[C@H]1O[C@@H](O)[C@H](O)[C@@H](O)[C@@H]1O[C@]1(CO)OC[C@@H](O)[C@@H](O)[C@@H]1O. The molecule has 9 atom stereocenters. The summed E-state index contributed by atoms with van der Waals surface area (Å²) in [5.74, 6) is -2.22. The Bertz CT molecular complexity index is 393. The van der Waals surface area contributed by atoms with Crippen LogP contribution in [0.25, 0.3) is 0 Å². The maximum atomic E-state index is 10.0. The van der Waals surface area contributed by atoms with Gasteiger partial charge in [-0.3, -0.25) is 0 Å². The van der Waals surface area contributed by atoms with Crippen LogP contribution in [0.3, 0.4) is 0 Å². The van der Waals surface area contributed by atoms with Gasteiger partial charge in [0, 0.05) is 0 Å². The van der Waals surface area contributed by atoms with Crippen LogP contribution in [0.2, 0.25) is 0 Å². The number of aliphatic hydroxyl groups excluding tert-OH is 8. The number of rotatable bonds is 4. The standard InChI is InChI=1S/C12H22O11/c13-1-5-9(7(17)8(18)11(20)22-5)23-12(3-14)10(19)6(16)4(15)2-21-12/h4-11,13-20H,1-3H2/t4-,5-,6-,7-,8-,9-,10+,11-,12+/m1/s1. The number of aliphatic hydroxyl groups is 8. The van der Waals surface area contributed by atoms with Crippen LogP contribution < -0.4 is 0 Å². The molecule has 0 amide bonds. The molecular weight excluding hydrogens is 320 g/mol. The van der Waals surface area contributed by atoms with Crippen LogP contribution in [-0.2, 0) is 14.2 Å². The zero-order valence-electron chi connectivity index (χ0n) is 12.0. The average Bonchev–Trinajstić information content (AvgIpc) is 2.55. The first-order valence-corrected chi connectivity index (χ1v) is 7.04. The molecule has 23 heavy (non-hydrogen) atoms. The Morgan fingerprint density at radius 1 is 0.957 bits per heavy atom. The van der Waals surface area contributed by atoms with E-state index < -0.39 is 74.6 Å². The van der Waals surface area contributed by atoms with Gasteiger partial charge in [0.25, 0.3) is 0 Å². The molecule has 0 bridgehead atoms. The zero-order valence-corrected chi connectivity index (χ0v) is 12.0. The number of ether oxygens (including phenoxy) is 3. The molecule has 2 saturated heterocycles. The fraction of sp³-hybridized carbons (Fsp3) is 1.00. The molecular formula is C12H22O11. The molecule has 0 aliphatic carbocycles. The lowest BCUT2D eigenvalue weighted by Crippen LogP contribution is -2.68. The van der Waals surface area contributed by atoms with Crippen LogP contribution >= 0.6 is 0 Å². The maximum absolute atomic E-state index is 10.0. The van der Waals surface area contributed by atoms with Gasteiger partial charge < -0.3 is 55.1 Å². The van der Waals surface area contributed by atoms with Crippen molar-refractivity contribution < 1.29 is 55.1 Å². The Labute approximate surface area is 130 Å². The first kappa shape index (κ1) is 18.9. The fourth-order valence-electron chi connectivity index (χ4n) is 2.60. The smallest absolute Gasteiger partial charge is 0.221 e. The van der Waals surface area contributed by atoms with Crippen LogP contribution in [0.4, 0.5) is 0 Å². The molecule has 2 aliphatic rings. The maximum Gasteiger partial charge on any atom is 0.221 e. The largest absolute Gasteiger partial charge is 0.394 e. The summed E-state index contributed by atoms with van der Waals surface area (Å²) in [6, 6.07) is 0. The van der Waals surface area contributed by atoms with Gasteiger partial charge in [0.05, 0.1) is 13.2 Å². The molecule has 0 aromatic rings. The summed E-state index contributed by atoms with van der Waals surface area (Å²) >= 11 is 0. The second kappa shape index (κ2) is 7.21. The second-order valence-corrected chi connectivity index (χ2v) is 5.60. The van der Waals surface area contributed by atoms with E-state index in [0.29, 0.717) is 0 Å². The van der Waals surface area contributed by atoms with Crippen molar-refractivity contribution in [3.05, 3.63) is 0 Å². The van der Waals surface area contributed by atoms with Crippen molar-refractivity contribution in [3.8, 4) is 0 Å². The molecule has 0 aromatic heterocycles. The van der Waals surface area contributed by atoms with Gasteiger partial charge in [0.2, 0.25) is 5.79 Å². The highest BCUT2D eigenvalue weighted by Crippen LogP contribution is 2.33. The van der Waals surface area contributed by atoms with E-state index in [4.69, 9.17) is 14.2 Å². The Hall–Kier alpha value is -0.440. The first-order chi connectivity index (χ1) is 10.8. The van der Waals surface area contributed by atoms with Crippen LogP contribution in [0.15, 0.2) is 0 Å². The van der Waals surface area contributed by atoms with Crippen molar-refractivity contribution in [2.45, 2.75) is 54.8 Å². The Kier molecular flexibility index (Phi) is 5.92. The Balaban J connectivity index is 2.22. The van der Waals surface area contributed by atoms with Crippen LogP contribution in [0.5, 0.6) is 0 Å². The first-order valence-electron chi connectivity index (χ1n) is 7.04. The van der Waals surface area contributed by atoms with E-state index in [1.165, 1.54) is 0 Å². The third kappa shape index (κ3) is 3.36. The highest BCUT2D eigenvalue weighted by Gasteiger charge is 2.55. The Morgan fingerprint density at radius 2 is 1.61 bits per heavy atom. The summed E-state index contributed by atoms with van der Waals surface area (Å²) in [7, 11) is 0. The summed E-state index contributed by atoms with van der Waals surface area (Å²) in [4.78, 5) is 0. The average molecular weight is 342 g/mol. The summed E-state index contributed by atoms with van der Waals surface area (Å²) in [6.07, 6.45) is -13.1. The van der Waals surface area contributed by atoms with Gasteiger partial charge in [0.15, 0.2) is 6.29 Å². The van der Waals surface area contributed by atoms with Crippen LogP contribution in [-0.4, -0.2) is 115 Å². The summed E-state index contributed by atoms with van der Waals surface area (Å²) in [6.45, 7) is -2.15. The van der Waals surface area contributed by atoms with E-state index in [9.17, 15) is 40.9 Å². The van der Waals surface area contributed by atoms with E-state index >= 15 is 0 Å². The number of hydrogen-bond acceptors (Lipinski definition) is 11. The van der Waals surface area contributed by atoms with E-state index in [1.807, 2.05) is 0 Å². The molecule has 2 aliphatic heterocycles. The fourth-order valence-corrected chi connectivity index (χ4v) is 2.60. The molecule has 2 heterocycles. The highest BCUT2D eigenvalue weighted by molar-refractivity contribution is 4.97. The lowest BCUT2D eigenvalue weighted by molar-refractivity contribution is -0.393. The quantitative estimate of drug-likeness (QED) is 0.243. The van der Waals surface area contributed by atoms with Gasteiger partial charge in [-0.05, 0) is 0 Å². The lowest BCUT2D eigenvalue weighted by atomic mass is 9.94. The lowest BCUT2D eigenvalue weighted by Gasteiger charge is -2.48. The summed E-state index contributed by atoms with van der Waals surface area (Å²) in [5.41, 5.74) is 0. The van der Waals surface area contributed by atoms with Crippen molar-refractivity contribution >= 4 is 0 Å². The minimum absolute atomic E-state index is 0.475. The minimum Gasteiger partial charge on any atom is -0.394 e. The number of hydrogen-bond donors (Lipinski definition) is 8. The van der Waals surface area contributed by atoms with Gasteiger partial charge in [-0.15, -0.1) is 0 Å². The second-order valence-electron chi connectivity index (χ2n) is 5.60. The molecule has 0 saturated carbocycles. The molecule has 11 nitrogen and oxygen atoms in total. The zero-order chi connectivity index (χ0) is 17.4. The van der Waals surface area contributed by atoms with Crippen molar-refractivity contribution in [3.63, 3.8) is 0 Å². The topological polar surface area (TPSA) is 190 Å². The molecule has 0 radical (unpaired) electrons. The van der Waals surface area contributed by atoms with Crippen molar-refractivity contribution in [1.29, 1.82) is 0 Å². The minimum atomic E-state index is -2.22. The normalized spacial score (nSPS) is 51.7. The molecule has 8 N–H and O–H groups in total. The molecule has 0 aromatic carbocycles. The monoisotopic (exact) mass is 342 g/mol. The highest BCUT2D eigenvalue weighted by atomic mass is 16.7. The van der Waals surface area contributed by atoms with E-state index in [2.05, 4.69) is 0 Å². The van der Waals surface area contributed by atoms with Gasteiger partial charge in [-0.25, -0.2) is 0 Å². The molecule has 136 valence electrons. The van der Waals surface area contributed by atoms with Crippen LogP contribution in [0.1, 0.15) is 0 Å². The predicted octanol–water partition coefficient (Wildman–Crippen LogP) is -5.40. The molecule has 2 fully saturated rings. The van der Waals surface area contributed by atoms with Gasteiger partial charge in [0.1, 0.15) is 49.3 Å². The molecule has 11 heteroatoms. The molecule has 0 spiro atoms.